The van der Waals surface area contributed by atoms with E-state index in [1.165, 1.54) is 4.90 Å². The summed E-state index contributed by atoms with van der Waals surface area (Å²) in [7, 11) is 0. The maximum atomic E-state index is 13.2. The molecule has 1 saturated heterocycles. The van der Waals surface area contributed by atoms with Gasteiger partial charge in [0, 0.05) is 29.3 Å². The molecule has 2 aromatic rings. The topological polar surface area (TPSA) is 76.2 Å². The molecule has 1 aliphatic carbocycles. The molecule has 0 radical (unpaired) electrons. The van der Waals surface area contributed by atoms with Gasteiger partial charge < -0.3 is 14.4 Å². The fourth-order valence-corrected chi connectivity index (χ4v) is 4.75. The second kappa shape index (κ2) is 10.4. The summed E-state index contributed by atoms with van der Waals surface area (Å²) in [5, 5.41) is 0. The first-order chi connectivity index (χ1) is 16.6. The fraction of sp³-hybridized carbons (Fsp3) is 0.444. The molecule has 2 aromatic carbocycles. The Morgan fingerprint density at radius 2 is 1.66 bits per heavy atom. The van der Waals surface area contributed by atoms with Gasteiger partial charge >= 0.3 is 6.09 Å². The zero-order valence-electron chi connectivity index (χ0n) is 20.3. The maximum Gasteiger partial charge on any atom is 0.410 e. The SMILES string of the molecule is CC(C)(C)OC(=O)N(C1CC(=O)N(CCOc2ccc(Br)cc2)C(=O)C1)[C@@H]1C[C@H]1c1ccccc1. The zero-order chi connectivity index (χ0) is 25.2. The number of amides is 3. The quantitative estimate of drug-likeness (QED) is 0.453. The number of hydrogen-bond acceptors (Lipinski definition) is 5. The lowest BCUT2D eigenvalue weighted by molar-refractivity contribution is -0.150. The molecule has 1 aliphatic heterocycles. The molecule has 3 amide bonds. The van der Waals surface area contributed by atoms with Crippen molar-refractivity contribution in [3.8, 4) is 5.75 Å². The van der Waals surface area contributed by atoms with Gasteiger partial charge in [-0.15, -0.1) is 0 Å². The highest BCUT2D eigenvalue weighted by Gasteiger charge is 2.50. The molecule has 1 heterocycles. The van der Waals surface area contributed by atoms with Gasteiger partial charge in [-0.1, -0.05) is 46.3 Å². The van der Waals surface area contributed by atoms with Crippen molar-refractivity contribution in [3.63, 3.8) is 0 Å². The number of carbonyl (C=O) groups excluding carboxylic acids is 3. The largest absolute Gasteiger partial charge is 0.492 e. The van der Waals surface area contributed by atoms with Crippen molar-refractivity contribution >= 4 is 33.8 Å². The van der Waals surface area contributed by atoms with Gasteiger partial charge in [0.2, 0.25) is 11.8 Å². The van der Waals surface area contributed by atoms with Crippen molar-refractivity contribution < 1.29 is 23.9 Å². The zero-order valence-corrected chi connectivity index (χ0v) is 21.9. The fourth-order valence-electron chi connectivity index (χ4n) is 4.48. The average molecular weight is 543 g/mol. The van der Waals surface area contributed by atoms with E-state index in [0.717, 1.165) is 16.5 Å². The van der Waals surface area contributed by atoms with Crippen LogP contribution in [0.1, 0.15) is 51.5 Å². The Labute approximate surface area is 214 Å². The van der Waals surface area contributed by atoms with Crippen LogP contribution in [0.15, 0.2) is 59.1 Å². The minimum absolute atomic E-state index is 0.0846. The third kappa shape index (κ3) is 6.42. The van der Waals surface area contributed by atoms with E-state index < -0.39 is 17.7 Å². The van der Waals surface area contributed by atoms with E-state index in [4.69, 9.17) is 9.47 Å². The molecule has 0 bridgehead atoms. The molecule has 8 heteroatoms. The van der Waals surface area contributed by atoms with Crippen molar-refractivity contribution in [1.29, 1.82) is 0 Å². The van der Waals surface area contributed by atoms with Crippen LogP contribution in [-0.4, -0.2) is 58.5 Å². The van der Waals surface area contributed by atoms with Crippen LogP contribution in [0.2, 0.25) is 0 Å². The Balaban J connectivity index is 1.42. The molecule has 0 aromatic heterocycles. The van der Waals surface area contributed by atoms with Crippen LogP contribution in [0.4, 0.5) is 4.79 Å². The van der Waals surface area contributed by atoms with E-state index in [-0.39, 0.29) is 49.8 Å². The summed E-state index contributed by atoms with van der Waals surface area (Å²) in [5.74, 6) is 0.248. The van der Waals surface area contributed by atoms with E-state index in [1.807, 2.05) is 75.4 Å². The summed E-state index contributed by atoms with van der Waals surface area (Å²) in [6.45, 7) is 5.82. The highest BCUT2D eigenvalue weighted by molar-refractivity contribution is 9.10. The molecular formula is C27H31BrN2O5. The van der Waals surface area contributed by atoms with Gasteiger partial charge in [-0.2, -0.15) is 0 Å². The number of hydrogen-bond donors (Lipinski definition) is 0. The third-order valence-electron chi connectivity index (χ3n) is 6.16. The molecule has 2 fully saturated rings. The summed E-state index contributed by atoms with van der Waals surface area (Å²) in [5.41, 5.74) is 0.470. The van der Waals surface area contributed by atoms with Gasteiger partial charge in [0.1, 0.15) is 18.0 Å². The van der Waals surface area contributed by atoms with Crippen LogP contribution in [-0.2, 0) is 14.3 Å². The summed E-state index contributed by atoms with van der Waals surface area (Å²) >= 11 is 3.38. The normalized spacial score (nSPS) is 20.5. The van der Waals surface area contributed by atoms with Crippen molar-refractivity contribution in [2.45, 2.75) is 63.6 Å². The Bertz CT molecular complexity index is 1050. The second-order valence-electron chi connectivity index (χ2n) is 10.0. The number of rotatable bonds is 7. The van der Waals surface area contributed by atoms with E-state index in [0.29, 0.717) is 5.75 Å². The average Bonchev–Trinajstić information content (AvgIpc) is 3.57. The minimum atomic E-state index is -0.675. The molecule has 2 aliphatic rings. The monoisotopic (exact) mass is 542 g/mol. The van der Waals surface area contributed by atoms with Crippen LogP contribution in [0.25, 0.3) is 0 Å². The Morgan fingerprint density at radius 1 is 1.03 bits per heavy atom. The van der Waals surface area contributed by atoms with Crippen LogP contribution >= 0.6 is 15.9 Å². The number of imide groups is 1. The molecule has 35 heavy (non-hydrogen) atoms. The molecule has 0 N–H and O–H groups in total. The first-order valence-corrected chi connectivity index (χ1v) is 12.7. The first-order valence-electron chi connectivity index (χ1n) is 11.9. The Morgan fingerprint density at radius 3 is 2.26 bits per heavy atom. The summed E-state index contributed by atoms with van der Waals surface area (Å²) in [6.07, 6.45) is 0.480. The smallest absolute Gasteiger partial charge is 0.410 e. The second-order valence-corrected chi connectivity index (χ2v) is 10.9. The van der Waals surface area contributed by atoms with E-state index >= 15 is 0 Å². The molecule has 2 atom stereocenters. The molecule has 1 saturated carbocycles. The lowest BCUT2D eigenvalue weighted by Crippen LogP contribution is -2.54. The number of likely N-dealkylation sites (tertiary alicyclic amines) is 1. The minimum Gasteiger partial charge on any atom is -0.492 e. The highest BCUT2D eigenvalue weighted by atomic mass is 79.9. The van der Waals surface area contributed by atoms with Gasteiger partial charge in [-0.3, -0.25) is 14.5 Å². The standard InChI is InChI=1S/C27H31BrN2O5/c1-27(2,3)35-26(33)30(23-17-22(23)18-7-5-4-6-8-18)20-15-24(31)29(25(32)16-20)13-14-34-21-11-9-19(28)10-12-21/h4-12,20,22-23H,13-17H2,1-3H3/t22-,23+/m0/s1. The predicted molar refractivity (Wildman–Crippen MR) is 135 cm³/mol. The first kappa shape index (κ1) is 25.2. The number of nitrogens with zero attached hydrogens (tertiary/aromatic N) is 2. The maximum absolute atomic E-state index is 13.2. The van der Waals surface area contributed by atoms with E-state index in [2.05, 4.69) is 15.9 Å². The number of piperidine rings is 1. The van der Waals surface area contributed by atoms with E-state index in [1.54, 1.807) is 4.90 Å². The van der Waals surface area contributed by atoms with Gasteiger partial charge in [-0.05, 0) is 57.0 Å². The highest BCUT2D eigenvalue weighted by Crippen LogP contribution is 2.47. The van der Waals surface area contributed by atoms with Crippen molar-refractivity contribution in [1.82, 2.24) is 9.80 Å². The van der Waals surface area contributed by atoms with E-state index in [9.17, 15) is 14.4 Å². The number of benzene rings is 2. The Kier molecular flexibility index (Phi) is 7.50. The van der Waals surface area contributed by atoms with Crippen molar-refractivity contribution in [2.75, 3.05) is 13.2 Å². The molecule has 0 spiro atoms. The molecule has 186 valence electrons. The van der Waals surface area contributed by atoms with Crippen LogP contribution in [0, 0.1) is 0 Å². The van der Waals surface area contributed by atoms with Crippen LogP contribution in [0.3, 0.4) is 0 Å². The van der Waals surface area contributed by atoms with Crippen molar-refractivity contribution in [3.05, 3.63) is 64.6 Å². The molecular weight excluding hydrogens is 512 g/mol. The lowest BCUT2D eigenvalue weighted by atomic mass is 10.0. The lowest BCUT2D eigenvalue weighted by Gasteiger charge is -2.38. The summed E-state index contributed by atoms with van der Waals surface area (Å²) in [4.78, 5) is 42.0. The van der Waals surface area contributed by atoms with Gasteiger partial charge in [0.05, 0.1) is 12.6 Å². The Hall–Kier alpha value is -2.87. The van der Waals surface area contributed by atoms with Crippen LogP contribution in [0.5, 0.6) is 5.75 Å². The number of carbonyl (C=O) groups is 3. The van der Waals surface area contributed by atoms with Gasteiger partial charge in [0.25, 0.3) is 0 Å². The predicted octanol–water partition coefficient (Wildman–Crippen LogP) is 5.14. The molecule has 4 rings (SSSR count). The van der Waals surface area contributed by atoms with Gasteiger partial charge in [0.15, 0.2) is 0 Å². The summed E-state index contributed by atoms with van der Waals surface area (Å²) < 4.78 is 12.3. The van der Waals surface area contributed by atoms with Gasteiger partial charge in [-0.25, -0.2) is 4.79 Å². The van der Waals surface area contributed by atoms with Crippen molar-refractivity contribution in [2.24, 2.45) is 0 Å². The third-order valence-corrected chi connectivity index (χ3v) is 6.69. The number of halogens is 1. The molecule has 0 unspecified atom stereocenters. The van der Waals surface area contributed by atoms with Crippen LogP contribution < -0.4 is 4.74 Å². The summed E-state index contributed by atoms with van der Waals surface area (Å²) in [6, 6.07) is 16.7. The number of ether oxygens (including phenoxy) is 2. The molecule has 7 nitrogen and oxygen atoms in total.